The van der Waals surface area contributed by atoms with Gasteiger partial charge >= 0.3 is 0 Å². The van der Waals surface area contributed by atoms with Gasteiger partial charge in [-0.25, -0.2) is 0 Å². The van der Waals surface area contributed by atoms with Crippen molar-refractivity contribution in [1.29, 1.82) is 0 Å². The number of rotatable bonds is 14. The summed E-state index contributed by atoms with van der Waals surface area (Å²) in [7, 11) is 0. The van der Waals surface area contributed by atoms with Crippen molar-refractivity contribution in [3.8, 4) is 5.75 Å². The SMILES string of the molecule is CCN=C(NCC)N(Cc1ccc(O)cc1)[C@H](CCCCNC(=O)C(c1ccccc1)c1ccccc1)C(N)=O. The number of aromatic hydroxyl groups is 1. The molecule has 8 heteroatoms. The molecule has 3 rings (SSSR count). The molecule has 40 heavy (non-hydrogen) atoms. The number of phenolic OH excluding ortho intramolecular Hbond substituents is 1. The number of nitrogens with zero attached hydrogens (tertiary/aromatic N) is 2. The van der Waals surface area contributed by atoms with Crippen molar-refractivity contribution in [3.63, 3.8) is 0 Å². The maximum Gasteiger partial charge on any atom is 0.240 e. The summed E-state index contributed by atoms with van der Waals surface area (Å²) >= 11 is 0. The number of nitrogens with two attached hydrogens (primary N) is 1. The molecule has 3 aromatic carbocycles. The van der Waals surface area contributed by atoms with Crippen LogP contribution >= 0.6 is 0 Å². The summed E-state index contributed by atoms with van der Waals surface area (Å²) < 4.78 is 0. The van der Waals surface area contributed by atoms with Gasteiger partial charge in [0.1, 0.15) is 11.8 Å². The van der Waals surface area contributed by atoms with E-state index in [0.717, 1.165) is 16.7 Å². The second kappa shape index (κ2) is 15.9. The zero-order valence-electron chi connectivity index (χ0n) is 23.4. The van der Waals surface area contributed by atoms with Gasteiger partial charge in [0, 0.05) is 26.2 Å². The first-order chi connectivity index (χ1) is 19.4. The molecule has 5 N–H and O–H groups in total. The molecule has 0 aromatic heterocycles. The molecule has 8 nitrogen and oxygen atoms in total. The van der Waals surface area contributed by atoms with Crippen LogP contribution < -0.4 is 16.4 Å². The van der Waals surface area contributed by atoms with Crippen LogP contribution in [0, 0.1) is 0 Å². The van der Waals surface area contributed by atoms with Crippen molar-refractivity contribution in [3.05, 3.63) is 102 Å². The Balaban J connectivity index is 1.66. The molecule has 1 atom stereocenters. The Bertz CT molecular complexity index is 1180. The van der Waals surface area contributed by atoms with Crippen molar-refractivity contribution in [2.24, 2.45) is 10.7 Å². The van der Waals surface area contributed by atoms with E-state index in [9.17, 15) is 14.7 Å². The molecular formula is C32H41N5O3. The molecule has 0 aliphatic rings. The number of nitrogens with one attached hydrogen (secondary N) is 2. The maximum atomic E-state index is 13.3. The lowest BCUT2D eigenvalue weighted by Crippen LogP contribution is -2.52. The zero-order chi connectivity index (χ0) is 28.7. The number of phenols is 1. The molecule has 0 spiro atoms. The Morgan fingerprint density at radius 1 is 0.875 bits per heavy atom. The number of aliphatic imine (C=N–C) groups is 1. The van der Waals surface area contributed by atoms with Crippen LogP contribution in [-0.2, 0) is 16.1 Å². The Labute approximate surface area is 237 Å². The zero-order valence-corrected chi connectivity index (χ0v) is 23.4. The van der Waals surface area contributed by atoms with Crippen LogP contribution in [0.3, 0.4) is 0 Å². The Morgan fingerprint density at radius 3 is 2.00 bits per heavy atom. The highest BCUT2D eigenvalue weighted by molar-refractivity contribution is 5.88. The van der Waals surface area contributed by atoms with Gasteiger partial charge < -0.3 is 26.4 Å². The van der Waals surface area contributed by atoms with E-state index in [0.29, 0.717) is 51.4 Å². The summed E-state index contributed by atoms with van der Waals surface area (Å²) in [6.07, 6.45) is 1.89. The quantitative estimate of drug-likeness (QED) is 0.138. The fourth-order valence-electron chi connectivity index (χ4n) is 4.70. The number of primary amides is 1. The molecule has 0 aliphatic carbocycles. The molecule has 2 amide bonds. The Morgan fingerprint density at radius 2 is 1.48 bits per heavy atom. The standard InChI is InChI=1S/C32H41N5O3/c1-3-34-32(35-4-2)37(23-24-18-20-27(38)21-19-24)28(30(33)39)17-11-12-22-36-31(40)29(25-13-7-5-8-14-25)26-15-9-6-10-16-26/h5-10,13-16,18-21,28-29,38H,3-4,11-12,17,22-23H2,1-2H3,(H2,33,39)(H,34,35)(H,36,40)/t28-/m1/s1. The molecule has 0 bridgehead atoms. The van der Waals surface area contributed by atoms with Crippen LogP contribution in [-0.4, -0.2) is 53.5 Å². The molecule has 0 aliphatic heterocycles. The summed E-state index contributed by atoms with van der Waals surface area (Å²) in [6.45, 7) is 6.01. The van der Waals surface area contributed by atoms with Crippen molar-refractivity contribution in [1.82, 2.24) is 15.5 Å². The smallest absolute Gasteiger partial charge is 0.240 e. The van der Waals surface area contributed by atoms with Crippen LogP contribution in [0.1, 0.15) is 55.7 Å². The van der Waals surface area contributed by atoms with Crippen molar-refractivity contribution in [2.45, 2.75) is 51.6 Å². The van der Waals surface area contributed by atoms with Crippen molar-refractivity contribution < 1.29 is 14.7 Å². The van der Waals surface area contributed by atoms with Gasteiger partial charge in [0.2, 0.25) is 11.8 Å². The van der Waals surface area contributed by atoms with Crippen molar-refractivity contribution in [2.75, 3.05) is 19.6 Å². The van der Waals surface area contributed by atoms with E-state index < -0.39 is 17.9 Å². The number of guanidine groups is 1. The van der Waals surface area contributed by atoms with Gasteiger partial charge in [-0.2, -0.15) is 0 Å². The fraction of sp³-hybridized carbons (Fsp3) is 0.344. The first kappa shape index (κ1) is 30.2. The second-order valence-corrected chi connectivity index (χ2v) is 9.58. The molecule has 0 radical (unpaired) electrons. The highest BCUT2D eigenvalue weighted by Gasteiger charge is 2.27. The van der Waals surface area contributed by atoms with Crippen molar-refractivity contribution >= 4 is 17.8 Å². The van der Waals surface area contributed by atoms with Gasteiger partial charge in [0.25, 0.3) is 0 Å². The highest BCUT2D eigenvalue weighted by Crippen LogP contribution is 2.25. The monoisotopic (exact) mass is 543 g/mol. The van der Waals surface area contributed by atoms with Crippen LogP contribution in [0.5, 0.6) is 5.75 Å². The molecule has 0 unspecified atom stereocenters. The summed E-state index contributed by atoms with van der Waals surface area (Å²) in [4.78, 5) is 32.4. The maximum absolute atomic E-state index is 13.3. The van der Waals surface area contributed by atoms with E-state index in [1.807, 2.05) is 91.5 Å². The van der Waals surface area contributed by atoms with Crippen LogP contribution in [0.25, 0.3) is 0 Å². The lowest BCUT2D eigenvalue weighted by Gasteiger charge is -2.33. The number of hydrogen-bond acceptors (Lipinski definition) is 4. The lowest BCUT2D eigenvalue weighted by atomic mass is 9.90. The average molecular weight is 544 g/mol. The number of carbonyl (C=O) groups excluding carboxylic acids is 2. The lowest BCUT2D eigenvalue weighted by molar-refractivity contribution is -0.123. The summed E-state index contributed by atoms with van der Waals surface area (Å²) in [5, 5.41) is 16.0. The Hall–Kier alpha value is -4.33. The third-order valence-electron chi connectivity index (χ3n) is 6.64. The normalized spacial score (nSPS) is 12.1. The summed E-state index contributed by atoms with van der Waals surface area (Å²) in [6, 6.07) is 25.8. The highest BCUT2D eigenvalue weighted by atomic mass is 16.3. The van der Waals surface area contributed by atoms with E-state index in [-0.39, 0.29) is 11.7 Å². The predicted octanol–water partition coefficient (Wildman–Crippen LogP) is 4.15. The molecule has 3 aromatic rings. The van der Waals surface area contributed by atoms with Gasteiger partial charge in [0.05, 0.1) is 5.92 Å². The minimum Gasteiger partial charge on any atom is -0.508 e. The number of amides is 2. The van der Waals surface area contributed by atoms with E-state index in [1.54, 1.807) is 12.1 Å². The Kier molecular flexibility index (Phi) is 12.0. The third kappa shape index (κ3) is 8.86. The predicted molar refractivity (Wildman–Crippen MR) is 160 cm³/mol. The number of hydrogen-bond donors (Lipinski definition) is 4. The number of benzene rings is 3. The number of unbranched alkanes of at least 4 members (excludes halogenated alkanes) is 1. The molecule has 0 saturated heterocycles. The summed E-state index contributed by atoms with van der Waals surface area (Å²) in [5.41, 5.74) is 8.71. The van der Waals surface area contributed by atoms with Crippen LogP contribution in [0.2, 0.25) is 0 Å². The van der Waals surface area contributed by atoms with E-state index in [1.165, 1.54) is 0 Å². The van der Waals surface area contributed by atoms with E-state index in [4.69, 9.17) is 5.73 Å². The van der Waals surface area contributed by atoms with Crippen LogP contribution in [0.15, 0.2) is 89.9 Å². The minimum absolute atomic E-state index is 0.0534. The van der Waals surface area contributed by atoms with Gasteiger partial charge in [0.15, 0.2) is 5.96 Å². The topological polar surface area (TPSA) is 120 Å². The van der Waals surface area contributed by atoms with Gasteiger partial charge in [-0.3, -0.25) is 14.6 Å². The van der Waals surface area contributed by atoms with E-state index >= 15 is 0 Å². The minimum atomic E-state index is -0.588. The fourth-order valence-corrected chi connectivity index (χ4v) is 4.70. The van der Waals surface area contributed by atoms with E-state index in [2.05, 4.69) is 15.6 Å². The molecule has 0 heterocycles. The molecule has 0 fully saturated rings. The first-order valence-corrected chi connectivity index (χ1v) is 13.9. The molecule has 212 valence electrons. The van der Waals surface area contributed by atoms with Gasteiger partial charge in [-0.15, -0.1) is 0 Å². The third-order valence-corrected chi connectivity index (χ3v) is 6.64. The van der Waals surface area contributed by atoms with Gasteiger partial charge in [-0.1, -0.05) is 72.8 Å². The van der Waals surface area contributed by atoms with Crippen LogP contribution in [0.4, 0.5) is 0 Å². The first-order valence-electron chi connectivity index (χ1n) is 13.9. The molecular weight excluding hydrogens is 502 g/mol. The average Bonchev–Trinajstić information content (AvgIpc) is 2.96. The second-order valence-electron chi connectivity index (χ2n) is 9.58. The van der Waals surface area contributed by atoms with Gasteiger partial charge in [-0.05, 0) is 61.9 Å². The summed E-state index contributed by atoms with van der Waals surface area (Å²) in [5.74, 6) is -0.0852. The largest absolute Gasteiger partial charge is 0.508 e. The molecule has 0 saturated carbocycles. The number of carbonyl (C=O) groups is 2.